The molecule has 3 heterocycles. The molecule has 136 valence electrons. The lowest BCUT2D eigenvalue weighted by Crippen LogP contribution is -2.21. The Bertz CT molecular complexity index is 900. The van der Waals surface area contributed by atoms with Gasteiger partial charge < -0.3 is 14.1 Å². The summed E-state index contributed by atoms with van der Waals surface area (Å²) >= 11 is 6.44. The van der Waals surface area contributed by atoms with Crippen LogP contribution in [0, 0.1) is 6.92 Å². The van der Waals surface area contributed by atoms with E-state index >= 15 is 0 Å². The zero-order valence-corrected chi connectivity index (χ0v) is 15.8. The number of aryl methyl sites for hydroxylation is 1. The maximum atomic E-state index is 6.44. The first-order valence-corrected chi connectivity index (χ1v) is 9.59. The summed E-state index contributed by atoms with van der Waals surface area (Å²) in [4.78, 5) is 7.21. The first-order valence-electron chi connectivity index (χ1n) is 9.21. The van der Waals surface area contributed by atoms with Crippen molar-refractivity contribution in [3.8, 4) is 17.2 Å². The highest BCUT2D eigenvalue weighted by Gasteiger charge is 2.12. The number of benzene rings is 1. The van der Waals surface area contributed by atoms with Crippen molar-refractivity contribution in [1.82, 2.24) is 9.88 Å². The Hall–Kier alpha value is -2.04. The first kappa shape index (κ1) is 17.4. The lowest BCUT2D eigenvalue weighted by molar-refractivity contribution is 0.263. The van der Waals surface area contributed by atoms with Crippen LogP contribution in [0.5, 0.6) is 5.75 Å². The molecule has 1 aromatic carbocycles. The van der Waals surface area contributed by atoms with Gasteiger partial charge in [0.05, 0.1) is 17.1 Å². The smallest absolute Gasteiger partial charge is 0.152 e. The molecule has 5 heteroatoms. The molecule has 1 saturated heterocycles. The Morgan fingerprint density at radius 3 is 2.77 bits per heavy atom. The van der Waals surface area contributed by atoms with Crippen LogP contribution in [0.25, 0.3) is 22.4 Å². The zero-order chi connectivity index (χ0) is 17.9. The largest absolute Gasteiger partial charge is 0.493 e. The standard InChI is InChI=1S/C21H23ClN2O2/c1-15-5-8-21(26-15)20-14-18(22)17-7-6-16(13-19(17)23-20)25-12-4-11-24-9-2-3-10-24/h5-8,13-14H,2-4,9-12H2,1H3. The first-order chi connectivity index (χ1) is 12.7. The molecule has 1 fully saturated rings. The van der Waals surface area contributed by atoms with E-state index in [9.17, 15) is 0 Å². The number of nitrogens with zero attached hydrogens (tertiary/aromatic N) is 2. The van der Waals surface area contributed by atoms with Gasteiger partial charge in [-0.2, -0.15) is 0 Å². The van der Waals surface area contributed by atoms with E-state index in [2.05, 4.69) is 4.90 Å². The van der Waals surface area contributed by atoms with E-state index in [0.717, 1.165) is 46.8 Å². The van der Waals surface area contributed by atoms with Crippen molar-refractivity contribution in [3.05, 3.63) is 47.2 Å². The van der Waals surface area contributed by atoms with Crippen molar-refractivity contribution in [2.24, 2.45) is 0 Å². The van der Waals surface area contributed by atoms with Crippen molar-refractivity contribution in [3.63, 3.8) is 0 Å². The van der Waals surface area contributed by atoms with E-state index in [4.69, 9.17) is 25.7 Å². The Balaban J connectivity index is 1.48. The molecular weight excluding hydrogens is 348 g/mol. The van der Waals surface area contributed by atoms with Crippen LogP contribution in [0.1, 0.15) is 25.0 Å². The highest BCUT2D eigenvalue weighted by atomic mass is 35.5. The van der Waals surface area contributed by atoms with Crippen LogP contribution in [-0.2, 0) is 0 Å². The van der Waals surface area contributed by atoms with Gasteiger partial charge in [0, 0.05) is 18.0 Å². The van der Waals surface area contributed by atoms with Crippen molar-refractivity contribution < 1.29 is 9.15 Å². The second kappa shape index (κ2) is 7.68. The Morgan fingerprint density at radius 2 is 2.00 bits per heavy atom. The number of hydrogen-bond acceptors (Lipinski definition) is 4. The molecule has 0 amide bonds. The van der Waals surface area contributed by atoms with Gasteiger partial charge in [0.25, 0.3) is 0 Å². The fraction of sp³-hybridized carbons (Fsp3) is 0.381. The number of likely N-dealkylation sites (tertiary alicyclic amines) is 1. The monoisotopic (exact) mass is 370 g/mol. The number of ether oxygens (including phenoxy) is 1. The number of aromatic nitrogens is 1. The van der Waals surface area contributed by atoms with Crippen LogP contribution >= 0.6 is 11.6 Å². The average molecular weight is 371 g/mol. The van der Waals surface area contributed by atoms with Gasteiger partial charge in [-0.25, -0.2) is 4.98 Å². The summed E-state index contributed by atoms with van der Waals surface area (Å²) in [7, 11) is 0. The van der Waals surface area contributed by atoms with E-state index in [1.54, 1.807) is 0 Å². The molecule has 0 bridgehead atoms. The van der Waals surface area contributed by atoms with Gasteiger partial charge in [0.15, 0.2) is 5.76 Å². The minimum atomic E-state index is 0.666. The molecule has 3 aromatic rings. The van der Waals surface area contributed by atoms with Gasteiger partial charge in [-0.15, -0.1) is 0 Å². The summed E-state index contributed by atoms with van der Waals surface area (Å²) in [5.41, 5.74) is 1.56. The highest BCUT2D eigenvalue weighted by Crippen LogP contribution is 2.31. The van der Waals surface area contributed by atoms with E-state index < -0.39 is 0 Å². The highest BCUT2D eigenvalue weighted by molar-refractivity contribution is 6.35. The van der Waals surface area contributed by atoms with Crippen molar-refractivity contribution >= 4 is 22.5 Å². The van der Waals surface area contributed by atoms with Gasteiger partial charge in [-0.1, -0.05) is 11.6 Å². The summed E-state index contributed by atoms with van der Waals surface area (Å²) in [5, 5.41) is 1.59. The van der Waals surface area contributed by atoms with Crippen LogP contribution in [0.3, 0.4) is 0 Å². The van der Waals surface area contributed by atoms with Gasteiger partial charge in [0.1, 0.15) is 17.2 Å². The van der Waals surface area contributed by atoms with Gasteiger partial charge in [-0.05, 0) is 69.6 Å². The van der Waals surface area contributed by atoms with Crippen LogP contribution in [0.15, 0.2) is 40.8 Å². The Morgan fingerprint density at radius 1 is 1.15 bits per heavy atom. The van der Waals surface area contributed by atoms with E-state index in [1.807, 2.05) is 43.3 Å². The fourth-order valence-electron chi connectivity index (χ4n) is 3.44. The molecule has 0 aliphatic carbocycles. The summed E-state index contributed by atoms with van der Waals surface area (Å²) in [6.07, 6.45) is 3.70. The maximum absolute atomic E-state index is 6.44. The lowest BCUT2D eigenvalue weighted by atomic mass is 10.1. The van der Waals surface area contributed by atoms with E-state index in [-0.39, 0.29) is 0 Å². The number of halogens is 1. The molecule has 0 unspecified atom stereocenters. The Labute approximate surface area is 158 Å². The van der Waals surface area contributed by atoms with Crippen molar-refractivity contribution in [1.29, 1.82) is 0 Å². The summed E-state index contributed by atoms with van der Waals surface area (Å²) in [6, 6.07) is 11.6. The minimum absolute atomic E-state index is 0.666. The second-order valence-corrected chi connectivity index (χ2v) is 7.24. The van der Waals surface area contributed by atoms with Crippen LogP contribution in [-0.4, -0.2) is 36.1 Å². The normalized spacial score (nSPS) is 15.0. The predicted octanol–water partition coefficient (Wildman–Crippen LogP) is 5.32. The topological polar surface area (TPSA) is 38.5 Å². The molecule has 0 spiro atoms. The van der Waals surface area contributed by atoms with Gasteiger partial charge in [-0.3, -0.25) is 0 Å². The quantitative estimate of drug-likeness (QED) is 0.550. The second-order valence-electron chi connectivity index (χ2n) is 6.83. The Kier molecular flexibility index (Phi) is 5.14. The average Bonchev–Trinajstić information content (AvgIpc) is 3.30. The van der Waals surface area contributed by atoms with Crippen molar-refractivity contribution in [2.45, 2.75) is 26.2 Å². The third kappa shape index (κ3) is 3.87. The molecular formula is C21H23ClN2O2. The molecule has 0 N–H and O–H groups in total. The molecule has 0 atom stereocenters. The summed E-state index contributed by atoms with van der Waals surface area (Å²) in [5.74, 6) is 2.41. The number of fused-ring (bicyclic) bond motifs is 1. The molecule has 0 radical (unpaired) electrons. The molecule has 1 aliphatic rings. The molecule has 4 rings (SSSR count). The predicted molar refractivity (Wildman–Crippen MR) is 105 cm³/mol. The lowest BCUT2D eigenvalue weighted by Gasteiger charge is -2.14. The molecule has 1 aliphatic heterocycles. The van der Waals surface area contributed by atoms with E-state index in [0.29, 0.717) is 11.6 Å². The van der Waals surface area contributed by atoms with Crippen LogP contribution in [0.2, 0.25) is 5.02 Å². The van der Waals surface area contributed by atoms with Gasteiger partial charge in [0.2, 0.25) is 0 Å². The third-order valence-electron chi connectivity index (χ3n) is 4.81. The SMILES string of the molecule is Cc1ccc(-c2cc(Cl)c3ccc(OCCCN4CCCC4)cc3n2)o1. The number of pyridine rings is 1. The van der Waals surface area contributed by atoms with Crippen LogP contribution in [0.4, 0.5) is 0 Å². The number of furan rings is 1. The third-order valence-corrected chi connectivity index (χ3v) is 5.12. The fourth-order valence-corrected chi connectivity index (χ4v) is 3.70. The minimum Gasteiger partial charge on any atom is -0.493 e. The molecule has 4 nitrogen and oxygen atoms in total. The molecule has 2 aromatic heterocycles. The number of rotatable bonds is 6. The zero-order valence-electron chi connectivity index (χ0n) is 15.0. The van der Waals surface area contributed by atoms with E-state index in [1.165, 1.54) is 25.9 Å². The van der Waals surface area contributed by atoms with Crippen LogP contribution < -0.4 is 4.74 Å². The summed E-state index contributed by atoms with van der Waals surface area (Å²) in [6.45, 7) is 6.20. The maximum Gasteiger partial charge on any atom is 0.152 e. The molecule has 26 heavy (non-hydrogen) atoms. The number of hydrogen-bond donors (Lipinski definition) is 0. The van der Waals surface area contributed by atoms with Gasteiger partial charge >= 0.3 is 0 Å². The summed E-state index contributed by atoms with van der Waals surface area (Å²) < 4.78 is 11.6. The molecule has 0 saturated carbocycles. The van der Waals surface area contributed by atoms with Crippen molar-refractivity contribution in [2.75, 3.05) is 26.2 Å².